The third-order valence-electron chi connectivity index (χ3n) is 4.76. The van der Waals surface area contributed by atoms with Gasteiger partial charge in [0.05, 0.1) is 12.2 Å². The number of hydrogen-bond donors (Lipinski definition) is 2. The Balaban J connectivity index is 2.14. The Kier molecular flexibility index (Phi) is 6.10. The van der Waals surface area contributed by atoms with Crippen LogP contribution in [0, 0.1) is 12.3 Å². The van der Waals surface area contributed by atoms with Gasteiger partial charge in [-0.2, -0.15) is 0 Å². The van der Waals surface area contributed by atoms with Gasteiger partial charge in [-0.05, 0) is 5.56 Å². The highest BCUT2D eigenvalue weighted by atomic mass is 16.6. The molecule has 10 heteroatoms. The van der Waals surface area contributed by atoms with Crippen LogP contribution in [-0.2, 0) is 23.8 Å². The van der Waals surface area contributed by atoms with Crippen molar-refractivity contribution in [1.29, 1.82) is 0 Å². The number of ether oxygens (including phenoxy) is 3. The standard InChI is InChI=1S/C21H20N2O8/c1-4-21(28)16(30-12(2)24)11-29-19(17(21)31-13(3)25)23-10-15(18(26)22-20(23)27)14-8-6-5-7-9-14/h1,5-10,16-17,19,28H,11H2,2-3H3,(H,22,26,27)/t16-,17+,19-,21-/m1/s1. The molecule has 2 N–H and O–H groups in total. The van der Waals surface area contributed by atoms with Gasteiger partial charge in [-0.3, -0.25) is 23.9 Å². The number of nitrogens with one attached hydrogen (secondary N) is 1. The summed E-state index contributed by atoms with van der Waals surface area (Å²) < 4.78 is 16.8. The van der Waals surface area contributed by atoms with Gasteiger partial charge in [0.1, 0.15) is 0 Å². The smallest absolute Gasteiger partial charge is 0.330 e. The van der Waals surface area contributed by atoms with Crippen molar-refractivity contribution in [3.05, 3.63) is 57.4 Å². The number of aromatic amines is 1. The SMILES string of the molecule is C#C[C@@]1(O)[C@H](OC(C)=O)CO[C@@H](n2cc(-c3ccccc3)c(=O)[nH]c2=O)[C@@H]1OC(C)=O. The maximum atomic E-state index is 12.6. The molecule has 0 amide bonds. The minimum absolute atomic E-state index is 0.136. The highest BCUT2D eigenvalue weighted by Gasteiger charge is 2.56. The fourth-order valence-corrected chi connectivity index (χ4v) is 3.35. The Hall–Kier alpha value is -3.68. The molecule has 2 aromatic rings. The van der Waals surface area contributed by atoms with Crippen LogP contribution < -0.4 is 11.2 Å². The van der Waals surface area contributed by atoms with Crippen molar-refractivity contribution in [3.8, 4) is 23.5 Å². The van der Waals surface area contributed by atoms with E-state index in [2.05, 4.69) is 10.9 Å². The van der Waals surface area contributed by atoms with Crippen LogP contribution in [-0.4, -0.2) is 51.0 Å². The van der Waals surface area contributed by atoms with E-state index in [4.69, 9.17) is 20.6 Å². The second-order valence-corrected chi connectivity index (χ2v) is 6.90. The van der Waals surface area contributed by atoms with E-state index in [0.29, 0.717) is 5.56 Å². The van der Waals surface area contributed by atoms with E-state index < -0.39 is 53.8 Å². The Labute approximate surface area is 176 Å². The Morgan fingerprint density at radius 1 is 1.23 bits per heavy atom. The molecule has 1 saturated heterocycles. The van der Waals surface area contributed by atoms with Crippen molar-refractivity contribution in [2.75, 3.05) is 6.61 Å². The van der Waals surface area contributed by atoms with E-state index in [1.54, 1.807) is 30.3 Å². The number of aliphatic hydroxyl groups is 1. The lowest BCUT2D eigenvalue weighted by atomic mass is 9.87. The number of aromatic nitrogens is 2. The molecule has 1 aromatic heterocycles. The van der Waals surface area contributed by atoms with Crippen molar-refractivity contribution in [2.24, 2.45) is 0 Å². The van der Waals surface area contributed by atoms with Crippen molar-refractivity contribution >= 4 is 11.9 Å². The number of carbonyl (C=O) groups excluding carboxylic acids is 2. The summed E-state index contributed by atoms with van der Waals surface area (Å²) in [4.78, 5) is 50.3. The number of terminal acetylenes is 1. The van der Waals surface area contributed by atoms with Gasteiger partial charge in [-0.25, -0.2) is 4.79 Å². The number of hydrogen-bond acceptors (Lipinski definition) is 8. The highest BCUT2D eigenvalue weighted by molar-refractivity contribution is 5.67. The first-order chi connectivity index (χ1) is 14.7. The van der Waals surface area contributed by atoms with E-state index >= 15 is 0 Å². The predicted octanol–water partition coefficient (Wildman–Crippen LogP) is -0.0399. The average molecular weight is 428 g/mol. The van der Waals surface area contributed by atoms with Gasteiger partial charge in [0.25, 0.3) is 5.56 Å². The van der Waals surface area contributed by atoms with Crippen LogP contribution in [0.2, 0.25) is 0 Å². The van der Waals surface area contributed by atoms with E-state index in [9.17, 15) is 24.3 Å². The average Bonchev–Trinajstić information content (AvgIpc) is 2.72. The number of rotatable bonds is 4. The lowest BCUT2D eigenvalue weighted by molar-refractivity contribution is -0.254. The van der Waals surface area contributed by atoms with E-state index in [-0.39, 0.29) is 5.56 Å². The first-order valence-corrected chi connectivity index (χ1v) is 9.24. The molecule has 0 radical (unpaired) electrons. The van der Waals surface area contributed by atoms with Crippen molar-refractivity contribution in [1.82, 2.24) is 9.55 Å². The minimum Gasteiger partial charge on any atom is -0.456 e. The number of nitrogens with zero attached hydrogens (tertiary/aromatic N) is 1. The molecule has 162 valence electrons. The summed E-state index contributed by atoms with van der Waals surface area (Å²) in [5.74, 6) is 0.538. The first-order valence-electron chi connectivity index (χ1n) is 9.24. The zero-order chi connectivity index (χ0) is 22.8. The van der Waals surface area contributed by atoms with Gasteiger partial charge < -0.3 is 19.3 Å². The summed E-state index contributed by atoms with van der Waals surface area (Å²) >= 11 is 0. The summed E-state index contributed by atoms with van der Waals surface area (Å²) in [7, 11) is 0. The molecule has 4 atom stereocenters. The maximum Gasteiger partial charge on any atom is 0.330 e. The number of esters is 2. The summed E-state index contributed by atoms with van der Waals surface area (Å²) in [6.45, 7) is 1.80. The molecule has 0 spiro atoms. The van der Waals surface area contributed by atoms with Crippen LogP contribution in [0.5, 0.6) is 0 Å². The molecule has 31 heavy (non-hydrogen) atoms. The lowest BCUT2D eigenvalue weighted by Gasteiger charge is -2.44. The van der Waals surface area contributed by atoms with Gasteiger partial charge in [0, 0.05) is 20.0 Å². The molecule has 1 aromatic carbocycles. The molecule has 0 aliphatic carbocycles. The summed E-state index contributed by atoms with van der Waals surface area (Å²) in [5, 5.41) is 11.1. The van der Waals surface area contributed by atoms with Crippen LogP contribution >= 0.6 is 0 Å². The van der Waals surface area contributed by atoms with Crippen LogP contribution in [0.3, 0.4) is 0 Å². The van der Waals surface area contributed by atoms with Crippen LogP contribution in [0.25, 0.3) is 11.1 Å². The zero-order valence-corrected chi connectivity index (χ0v) is 16.7. The summed E-state index contributed by atoms with van der Waals surface area (Å²) in [6, 6.07) is 8.52. The van der Waals surface area contributed by atoms with E-state index in [1.807, 2.05) is 0 Å². The van der Waals surface area contributed by atoms with E-state index in [1.165, 1.54) is 6.20 Å². The van der Waals surface area contributed by atoms with Gasteiger partial charge >= 0.3 is 17.6 Å². The normalized spacial score (nSPS) is 25.3. The second kappa shape index (κ2) is 8.59. The van der Waals surface area contributed by atoms with Gasteiger partial charge in [-0.1, -0.05) is 36.3 Å². The molecule has 1 aliphatic heterocycles. The molecule has 10 nitrogen and oxygen atoms in total. The largest absolute Gasteiger partial charge is 0.456 e. The quantitative estimate of drug-likeness (QED) is 0.511. The zero-order valence-electron chi connectivity index (χ0n) is 16.7. The molecular weight excluding hydrogens is 408 g/mol. The second-order valence-electron chi connectivity index (χ2n) is 6.90. The van der Waals surface area contributed by atoms with Crippen molar-refractivity contribution < 1.29 is 28.9 Å². The lowest BCUT2D eigenvalue weighted by Crippen LogP contribution is -2.63. The third-order valence-corrected chi connectivity index (χ3v) is 4.76. The predicted molar refractivity (Wildman–Crippen MR) is 107 cm³/mol. The number of carbonyl (C=O) groups is 2. The minimum atomic E-state index is -2.30. The fraction of sp³-hybridized carbons (Fsp3) is 0.333. The summed E-state index contributed by atoms with van der Waals surface area (Å²) in [6.07, 6.45) is 2.34. The molecule has 0 saturated carbocycles. The third kappa shape index (κ3) is 4.28. The van der Waals surface area contributed by atoms with E-state index in [0.717, 1.165) is 18.4 Å². The molecule has 0 unspecified atom stereocenters. The van der Waals surface area contributed by atoms with Gasteiger partial charge in [0.2, 0.25) is 5.60 Å². The molecule has 1 fully saturated rings. The molecule has 0 bridgehead atoms. The van der Waals surface area contributed by atoms with Crippen LogP contribution in [0.1, 0.15) is 20.1 Å². The van der Waals surface area contributed by atoms with Gasteiger partial charge in [0.15, 0.2) is 18.4 Å². The first kappa shape index (κ1) is 22.0. The van der Waals surface area contributed by atoms with Crippen molar-refractivity contribution in [3.63, 3.8) is 0 Å². The maximum absolute atomic E-state index is 12.6. The molecule has 3 rings (SSSR count). The molecule has 1 aliphatic rings. The number of H-pyrrole nitrogens is 1. The summed E-state index contributed by atoms with van der Waals surface area (Å²) in [5.41, 5.74) is -3.17. The Morgan fingerprint density at radius 3 is 2.45 bits per heavy atom. The Morgan fingerprint density at radius 2 is 1.87 bits per heavy atom. The van der Waals surface area contributed by atoms with Crippen molar-refractivity contribution in [2.45, 2.75) is 37.9 Å². The highest BCUT2D eigenvalue weighted by Crippen LogP contribution is 2.35. The monoisotopic (exact) mass is 428 g/mol. The topological polar surface area (TPSA) is 137 Å². The molecular formula is C21H20N2O8. The Bertz CT molecular complexity index is 1150. The fourth-order valence-electron chi connectivity index (χ4n) is 3.35. The van der Waals surface area contributed by atoms with Crippen LogP contribution in [0.15, 0.2) is 46.1 Å². The van der Waals surface area contributed by atoms with Crippen LogP contribution in [0.4, 0.5) is 0 Å². The molecule has 2 heterocycles. The number of benzene rings is 1. The van der Waals surface area contributed by atoms with Gasteiger partial charge in [-0.15, -0.1) is 6.42 Å².